The number of phenolic OH excluding ortho intramolecular Hbond substituents is 1. The maximum Gasteiger partial charge on any atom is 0.123 e. The van der Waals surface area contributed by atoms with E-state index in [1.54, 1.807) is 0 Å². The van der Waals surface area contributed by atoms with Crippen LogP contribution in [-0.4, -0.2) is 5.11 Å². The predicted molar refractivity (Wildman–Crippen MR) is 93.3 cm³/mol. The van der Waals surface area contributed by atoms with Crippen LogP contribution in [-0.2, 0) is 17.3 Å². The van der Waals surface area contributed by atoms with Crippen LogP contribution in [0.15, 0.2) is 12.1 Å². The first kappa shape index (κ1) is 18.1. The summed E-state index contributed by atoms with van der Waals surface area (Å²) in [7, 11) is 0. The zero-order chi connectivity index (χ0) is 16.6. The van der Waals surface area contributed by atoms with Crippen LogP contribution >= 0.6 is 0 Å². The largest absolute Gasteiger partial charge is 0.507 e. The predicted octanol–water partition coefficient (Wildman–Crippen LogP) is 5.97. The molecule has 0 aromatic heterocycles. The quantitative estimate of drug-likeness (QED) is 0.727. The molecular formula is C20H34O. The molecule has 0 aliphatic rings. The summed E-state index contributed by atoms with van der Waals surface area (Å²) in [5, 5.41) is 10.9. The fraction of sp³-hybridized carbons (Fsp3) is 0.700. The molecule has 0 radical (unpaired) electrons. The van der Waals surface area contributed by atoms with Crippen LogP contribution in [0.3, 0.4) is 0 Å². The Morgan fingerprint density at radius 1 is 0.857 bits per heavy atom. The molecule has 0 aliphatic carbocycles. The standard InChI is InChI=1S/C20H34O/c1-10-14-11-15(19(5,6)7)17(21)16(12-14)20(8,9)13-18(2,3)4/h11-12,21H,10,13H2,1-9H3. The zero-order valence-corrected chi connectivity index (χ0v) is 15.5. The Hall–Kier alpha value is -0.980. The summed E-state index contributed by atoms with van der Waals surface area (Å²) < 4.78 is 0. The minimum Gasteiger partial charge on any atom is -0.507 e. The van der Waals surface area contributed by atoms with E-state index in [0.29, 0.717) is 5.75 Å². The van der Waals surface area contributed by atoms with E-state index in [-0.39, 0.29) is 16.2 Å². The highest BCUT2D eigenvalue weighted by atomic mass is 16.3. The highest BCUT2D eigenvalue weighted by Gasteiger charge is 2.32. The van der Waals surface area contributed by atoms with E-state index in [2.05, 4.69) is 74.4 Å². The Bertz CT molecular complexity index is 496. The summed E-state index contributed by atoms with van der Waals surface area (Å²) in [4.78, 5) is 0. The Morgan fingerprint density at radius 3 is 1.71 bits per heavy atom. The third kappa shape index (κ3) is 4.49. The van der Waals surface area contributed by atoms with Gasteiger partial charge in [-0.05, 0) is 40.2 Å². The van der Waals surface area contributed by atoms with Crippen molar-refractivity contribution in [1.29, 1.82) is 0 Å². The minimum absolute atomic E-state index is 0.0342. The van der Waals surface area contributed by atoms with Gasteiger partial charge in [0.1, 0.15) is 5.75 Å². The molecule has 1 aromatic carbocycles. The lowest BCUT2D eigenvalue weighted by Crippen LogP contribution is -2.26. The van der Waals surface area contributed by atoms with Crippen LogP contribution in [0.25, 0.3) is 0 Å². The van der Waals surface area contributed by atoms with Gasteiger partial charge in [0.15, 0.2) is 0 Å². The summed E-state index contributed by atoms with van der Waals surface area (Å²) in [6.45, 7) is 20.0. The molecule has 0 bridgehead atoms. The Balaban J connectivity index is 3.49. The van der Waals surface area contributed by atoms with Gasteiger partial charge in [0.2, 0.25) is 0 Å². The first-order chi connectivity index (χ1) is 9.28. The topological polar surface area (TPSA) is 20.2 Å². The highest BCUT2D eigenvalue weighted by molar-refractivity contribution is 5.50. The molecule has 0 spiro atoms. The average Bonchev–Trinajstić information content (AvgIpc) is 2.24. The third-order valence-corrected chi connectivity index (χ3v) is 4.09. The van der Waals surface area contributed by atoms with Crippen molar-refractivity contribution in [2.75, 3.05) is 0 Å². The molecule has 1 heteroatoms. The molecule has 1 N–H and O–H groups in total. The normalized spacial score (nSPS) is 13.6. The van der Waals surface area contributed by atoms with Crippen molar-refractivity contribution >= 4 is 0 Å². The van der Waals surface area contributed by atoms with Crippen molar-refractivity contribution in [3.63, 3.8) is 0 Å². The number of hydrogen-bond donors (Lipinski definition) is 1. The molecule has 1 rings (SSSR count). The van der Waals surface area contributed by atoms with Crippen LogP contribution in [0.4, 0.5) is 0 Å². The summed E-state index contributed by atoms with van der Waals surface area (Å²) in [5.74, 6) is 0.494. The maximum atomic E-state index is 10.9. The Morgan fingerprint density at radius 2 is 1.33 bits per heavy atom. The van der Waals surface area contributed by atoms with Crippen LogP contribution in [0.5, 0.6) is 5.75 Å². The second-order valence-corrected chi connectivity index (χ2v) is 9.26. The van der Waals surface area contributed by atoms with E-state index in [0.717, 1.165) is 24.0 Å². The van der Waals surface area contributed by atoms with Gasteiger partial charge < -0.3 is 5.11 Å². The van der Waals surface area contributed by atoms with Gasteiger partial charge in [0.05, 0.1) is 0 Å². The number of phenols is 1. The molecule has 0 fully saturated rings. The van der Waals surface area contributed by atoms with Crippen molar-refractivity contribution in [2.24, 2.45) is 5.41 Å². The monoisotopic (exact) mass is 290 g/mol. The summed E-state index contributed by atoms with van der Waals surface area (Å²) >= 11 is 0. The number of benzene rings is 1. The lowest BCUT2D eigenvalue weighted by atomic mass is 9.70. The molecule has 0 unspecified atom stereocenters. The molecule has 0 saturated carbocycles. The molecule has 0 aliphatic heterocycles. The molecule has 0 amide bonds. The lowest BCUT2D eigenvalue weighted by Gasteiger charge is -2.35. The maximum absolute atomic E-state index is 10.9. The number of aryl methyl sites for hydroxylation is 1. The van der Waals surface area contributed by atoms with Crippen LogP contribution in [0, 0.1) is 5.41 Å². The summed E-state index contributed by atoms with van der Waals surface area (Å²) in [5.41, 5.74) is 3.64. The van der Waals surface area contributed by atoms with E-state index in [9.17, 15) is 5.11 Å². The van der Waals surface area contributed by atoms with Crippen molar-refractivity contribution in [2.45, 2.75) is 86.0 Å². The van der Waals surface area contributed by atoms with Crippen molar-refractivity contribution in [3.05, 3.63) is 28.8 Å². The van der Waals surface area contributed by atoms with Gasteiger partial charge >= 0.3 is 0 Å². The van der Waals surface area contributed by atoms with E-state index in [1.165, 1.54) is 5.56 Å². The average molecular weight is 290 g/mol. The van der Waals surface area contributed by atoms with E-state index < -0.39 is 0 Å². The van der Waals surface area contributed by atoms with E-state index >= 15 is 0 Å². The van der Waals surface area contributed by atoms with Gasteiger partial charge in [-0.2, -0.15) is 0 Å². The molecule has 1 nitrogen and oxygen atoms in total. The van der Waals surface area contributed by atoms with Gasteiger partial charge in [-0.1, -0.05) is 74.4 Å². The fourth-order valence-corrected chi connectivity index (χ4v) is 3.41. The molecule has 0 saturated heterocycles. The first-order valence-electron chi connectivity index (χ1n) is 8.15. The van der Waals surface area contributed by atoms with E-state index in [4.69, 9.17) is 0 Å². The third-order valence-electron chi connectivity index (χ3n) is 4.09. The van der Waals surface area contributed by atoms with Gasteiger partial charge in [-0.25, -0.2) is 0 Å². The molecule has 0 atom stereocenters. The molecule has 0 heterocycles. The first-order valence-corrected chi connectivity index (χ1v) is 8.15. The smallest absolute Gasteiger partial charge is 0.123 e. The van der Waals surface area contributed by atoms with Crippen LogP contribution < -0.4 is 0 Å². The summed E-state index contributed by atoms with van der Waals surface area (Å²) in [6.07, 6.45) is 2.05. The number of rotatable bonds is 3. The van der Waals surface area contributed by atoms with Gasteiger partial charge in [-0.3, -0.25) is 0 Å². The van der Waals surface area contributed by atoms with Crippen LogP contribution in [0.1, 0.15) is 85.4 Å². The van der Waals surface area contributed by atoms with E-state index in [1.807, 2.05) is 0 Å². The van der Waals surface area contributed by atoms with Crippen molar-refractivity contribution < 1.29 is 5.11 Å². The fourth-order valence-electron chi connectivity index (χ4n) is 3.41. The van der Waals surface area contributed by atoms with Crippen molar-refractivity contribution in [3.8, 4) is 5.75 Å². The SMILES string of the molecule is CCc1cc(C(C)(C)C)c(O)c(C(C)(C)CC(C)(C)C)c1. The molecule has 120 valence electrons. The molecule has 21 heavy (non-hydrogen) atoms. The lowest BCUT2D eigenvalue weighted by molar-refractivity contribution is 0.277. The Kier molecular flexibility index (Phi) is 4.87. The Labute approximate surface area is 131 Å². The van der Waals surface area contributed by atoms with Gasteiger partial charge in [0.25, 0.3) is 0 Å². The second kappa shape index (κ2) is 5.66. The molecular weight excluding hydrogens is 256 g/mol. The van der Waals surface area contributed by atoms with Crippen molar-refractivity contribution in [1.82, 2.24) is 0 Å². The zero-order valence-electron chi connectivity index (χ0n) is 15.5. The molecule has 1 aromatic rings. The highest BCUT2D eigenvalue weighted by Crippen LogP contribution is 2.44. The number of aromatic hydroxyl groups is 1. The minimum atomic E-state index is -0.0399. The summed E-state index contributed by atoms with van der Waals surface area (Å²) in [6, 6.07) is 4.38. The van der Waals surface area contributed by atoms with Gasteiger partial charge in [-0.15, -0.1) is 0 Å². The van der Waals surface area contributed by atoms with Crippen LogP contribution in [0.2, 0.25) is 0 Å². The second-order valence-electron chi connectivity index (χ2n) is 9.26. The van der Waals surface area contributed by atoms with Gasteiger partial charge in [0, 0.05) is 5.56 Å². The number of hydrogen-bond acceptors (Lipinski definition) is 1.